The SMILES string of the molecule is CC(C)CC(C)c1ccccc1NC(=O)c1cn(C)cc1C(F)(F)CF. The number of nitrogens with one attached hydrogen (secondary N) is 1. The van der Waals surface area contributed by atoms with Gasteiger partial charge >= 0.3 is 5.92 Å². The molecule has 1 aromatic carbocycles. The van der Waals surface area contributed by atoms with Crippen molar-refractivity contribution in [3.05, 3.63) is 53.3 Å². The van der Waals surface area contributed by atoms with Gasteiger partial charge < -0.3 is 9.88 Å². The monoisotopic (exact) mass is 366 g/mol. The molecule has 1 amide bonds. The van der Waals surface area contributed by atoms with Gasteiger partial charge in [-0.3, -0.25) is 4.79 Å². The zero-order chi connectivity index (χ0) is 19.5. The Morgan fingerprint density at radius 1 is 1.19 bits per heavy atom. The molecule has 0 saturated carbocycles. The quantitative estimate of drug-likeness (QED) is 0.691. The van der Waals surface area contributed by atoms with E-state index in [-0.39, 0.29) is 11.5 Å². The molecular formula is C20H25F3N2O. The van der Waals surface area contributed by atoms with Gasteiger partial charge in [0.15, 0.2) is 6.67 Å². The summed E-state index contributed by atoms with van der Waals surface area (Å²) in [6.45, 7) is 4.45. The number of nitrogens with zero attached hydrogens (tertiary/aromatic N) is 1. The minimum absolute atomic E-state index is 0.203. The summed E-state index contributed by atoms with van der Waals surface area (Å²) < 4.78 is 41.8. The molecule has 2 aromatic rings. The third-order valence-electron chi connectivity index (χ3n) is 4.33. The van der Waals surface area contributed by atoms with Crippen molar-refractivity contribution < 1.29 is 18.0 Å². The Balaban J connectivity index is 2.32. The van der Waals surface area contributed by atoms with E-state index in [1.54, 1.807) is 12.1 Å². The van der Waals surface area contributed by atoms with Crippen LogP contribution in [0, 0.1) is 5.92 Å². The fraction of sp³-hybridized carbons (Fsp3) is 0.450. The molecule has 3 nitrogen and oxygen atoms in total. The zero-order valence-corrected chi connectivity index (χ0v) is 15.5. The van der Waals surface area contributed by atoms with Gasteiger partial charge in [0.1, 0.15) is 0 Å². The van der Waals surface area contributed by atoms with E-state index < -0.39 is 24.1 Å². The Labute approximate surface area is 152 Å². The third kappa shape index (κ3) is 4.48. The van der Waals surface area contributed by atoms with Crippen LogP contribution < -0.4 is 5.32 Å². The third-order valence-corrected chi connectivity index (χ3v) is 4.33. The Morgan fingerprint density at radius 2 is 1.85 bits per heavy atom. The molecule has 0 radical (unpaired) electrons. The van der Waals surface area contributed by atoms with Gasteiger partial charge in [0.05, 0.1) is 11.1 Å². The van der Waals surface area contributed by atoms with E-state index in [0.717, 1.165) is 18.2 Å². The summed E-state index contributed by atoms with van der Waals surface area (Å²) >= 11 is 0. The molecule has 0 bridgehead atoms. The summed E-state index contributed by atoms with van der Waals surface area (Å²) in [5, 5.41) is 2.72. The highest BCUT2D eigenvalue weighted by Crippen LogP contribution is 2.33. The first-order valence-corrected chi connectivity index (χ1v) is 8.66. The van der Waals surface area contributed by atoms with Crippen LogP contribution in [0.4, 0.5) is 18.9 Å². The number of aryl methyl sites for hydroxylation is 1. The lowest BCUT2D eigenvalue weighted by Gasteiger charge is -2.19. The molecule has 0 aliphatic carbocycles. The number of anilines is 1. The van der Waals surface area contributed by atoms with Gasteiger partial charge in [0.25, 0.3) is 5.91 Å². The van der Waals surface area contributed by atoms with Crippen LogP contribution in [0.3, 0.4) is 0 Å². The molecule has 0 spiro atoms. The van der Waals surface area contributed by atoms with Gasteiger partial charge in [-0.2, -0.15) is 8.78 Å². The molecule has 1 atom stereocenters. The van der Waals surface area contributed by atoms with Crippen molar-refractivity contribution in [3.8, 4) is 0 Å². The van der Waals surface area contributed by atoms with Crippen molar-refractivity contribution in [1.29, 1.82) is 0 Å². The second kappa shape index (κ2) is 7.98. The summed E-state index contributed by atoms with van der Waals surface area (Å²) in [5.41, 5.74) is 0.711. The van der Waals surface area contributed by atoms with Crippen molar-refractivity contribution in [2.24, 2.45) is 13.0 Å². The maximum absolute atomic E-state index is 13.8. The molecule has 26 heavy (non-hydrogen) atoms. The first-order chi connectivity index (χ1) is 12.2. The Morgan fingerprint density at radius 3 is 2.46 bits per heavy atom. The largest absolute Gasteiger partial charge is 0.356 e. The molecule has 0 aliphatic heterocycles. The molecule has 2 rings (SSSR count). The average molecular weight is 366 g/mol. The van der Waals surface area contributed by atoms with Crippen LogP contribution in [0.25, 0.3) is 0 Å². The van der Waals surface area contributed by atoms with Crippen LogP contribution in [0.1, 0.15) is 54.6 Å². The molecule has 0 fully saturated rings. The summed E-state index contributed by atoms with van der Waals surface area (Å²) in [6.07, 6.45) is 3.31. The van der Waals surface area contributed by atoms with Crippen molar-refractivity contribution in [2.45, 2.75) is 39.0 Å². The van der Waals surface area contributed by atoms with Crippen LogP contribution >= 0.6 is 0 Å². The smallest absolute Gasteiger partial charge is 0.303 e. The van der Waals surface area contributed by atoms with Gasteiger partial charge in [-0.15, -0.1) is 0 Å². The molecule has 1 N–H and O–H groups in total. The Kier molecular flexibility index (Phi) is 6.16. The molecular weight excluding hydrogens is 341 g/mol. The predicted molar refractivity (Wildman–Crippen MR) is 97.5 cm³/mol. The van der Waals surface area contributed by atoms with E-state index in [0.29, 0.717) is 11.6 Å². The normalized spacial score (nSPS) is 13.1. The second-order valence-corrected chi connectivity index (χ2v) is 7.16. The molecule has 6 heteroatoms. The number of carbonyl (C=O) groups excluding carboxylic acids is 1. The maximum Gasteiger partial charge on any atom is 0.303 e. The number of alkyl halides is 3. The highest BCUT2D eigenvalue weighted by molar-refractivity contribution is 6.05. The molecule has 1 aromatic heterocycles. The van der Waals surface area contributed by atoms with Crippen LogP contribution in [0.5, 0.6) is 0 Å². The molecule has 0 saturated heterocycles. The van der Waals surface area contributed by atoms with E-state index in [9.17, 15) is 18.0 Å². The highest BCUT2D eigenvalue weighted by Gasteiger charge is 2.37. The summed E-state index contributed by atoms with van der Waals surface area (Å²) in [5.74, 6) is -3.68. The number of aromatic nitrogens is 1. The highest BCUT2D eigenvalue weighted by atomic mass is 19.3. The van der Waals surface area contributed by atoms with Gasteiger partial charge in [-0.25, -0.2) is 4.39 Å². The number of amides is 1. The van der Waals surface area contributed by atoms with Crippen molar-refractivity contribution in [3.63, 3.8) is 0 Å². The van der Waals surface area contributed by atoms with E-state index in [1.165, 1.54) is 17.8 Å². The first kappa shape index (κ1) is 20.1. The van der Waals surface area contributed by atoms with Gasteiger partial charge in [0.2, 0.25) is 0 Å². The molecule has 1 heterocycles. The van der Waals surface area contributed by atoms with Gasteiger partial charge in [-0.1, -0.05) is 39.0 Å². The number of para-hydroxylation sites is 1. The second-order valence-electron chi connectivity index (χ2n) is 7.16. The van der Waals surface area contributed by atoms with E-state index in [1.807, 2.05) is 12.1 Å². The lowest BCUT2D eigenvalue weighted by molar-refractivity contribution is -0.0285. The average Bonchev–Trinajstić information content (AvgIpc) is 2.97. The molecule has 142 valence electrons. The number of benzene rings is 1. The number of rotatable bonds is 7. The lowest BCUT2D eigenvalue weighted by Crippen LogP contribution is -2.22. The minimum atomic E-state index is -3.70. The summed E-state index contributed by atoms with van der Waals surface area (Å²) in [6, 6.07) is 7.33. The molecule has 1 unspecified atom stereocenters. The van der Waals surface area contributed by atoms with Crippen LogP contribution in [0.15, 0.2) is 36.7 Å². The Bertz CT molecular complexity index is 768. The predicted octanol–water partition coefficient (Wildman–Crippen LogP) is 5.49. The van der Waals surface area contributed by atoms with E-state index >= 15 is 0 Å². The summed E-state index contributed by atoms with van der Waals surface area (Å²) in [4.78, 5) is 12.6. The molecule has 0 aliphatic rings. The minimum Gasteiger partial charge on any atom is -0.356 e. The fourth-order valence-corrected chi connectivity index (χ4v) is 3.19. The number of hydrogen-bond acceptors (Lipinski definition) is 1. The van der Waals surface area contributed by atoms with Crippen LogP contribution in [-0.2, 0) is 13.0 Å². The van der Waals surface area contributed by atoms with Crippen LogP contribution in [0.2, 0.25) is 0 Å². The zero-order valence-electron chi connectivity index (χ0n) is 15.5. The van der Waals surface area contributed by atoms with Gasteiger partial charge in [-0.05, 0) is 29.9 Å². The van der Waals surface area contributed by atoms with Crippen LogP contribution in [-0.4, -0.2) is 17.1 Å². The number of carbonyl (C=O) groups is 1. The lowest BCUT2D eigenvalue weighted by atomic mass is 9.91. The number of hydrogen-bond donors (Lipinski definition) is 1. The Hall–Kier alpha value is -2.24. The van der Waals surface area contributed by atoms with Crippen molar-refractivity contribution >= 4 is 11.6 Å². The summed E-state index contributed by atoms with van der Waals surface area (Å²) in [7, 11) is 1.52. The topological polar surface area (TPSA) is 34.0 Å². The fourth-order valence-electron chi connectivity index (χ4n) is 3.19. The van der Waals surface area contributed by atoms with E-state index in [2.05, 4.69) is 26.1 Å². The first-order valence-electron chi connectivity index (χ1n) is 8.66. The van der Waals surface area contributed by atoms with E-state index in [4.69, 9.17) is 0 Å². The van der Waals surface area contributed by atoms with Crippen molar-refractivity contribution in [2.75, 3.05) is 12.0 Å². The maximum atomic E-state index is 13.8. The number of halogens is 3. The van der Waals surface area contributed by atoms with Gasteiger partial charge in [0, 0.05) is 25.1 Å². The van der Waals surface area contributed by atoms with Crippen molar-refractivity contribution in [1.82, 2.24) is 4.57 Å². The standard InChI is InChI=1S/C20H25F3N2O/c1-13(2)9-14(3)15-7-5-6-8-18(15)24-19(26)16-10-25(4)11-17(16)20(22,23)12-21/h5-8,10-11,13-14H,9,12H2,1-4H3,(H,24,26).